The van der Waals surface area contributed by atoms with Gasteiger partial charge in [0.1, 0.15) is 11.5 Å². The maximum atomic E-state index is 13.3. The van der Waals surface area contributed by atoms with E-state index in [1.807, 2.05) is 0 Å². The van der Waals surface area contributed by atoms with E-state index in [0.717, 1.165) is 49.6 Å². The minimum absolute atomic E-state index is 0.0452. The first-order chi connectivity index (χ1) is 12.9. The molecule has 1 aliphatic heterocycles. The molecule has 3 aromatic heterocycles. The highest BCUT2D eigenvalue weighted by molar-refractivity contribution is 5.53. The molecular weight excluding hydrogens is 341 g/mol. The zero-order valence-corrected chi connectivity index (χ0v) is 16.2. The molecule has 1 aliphatic rings. The van der Waals surface area contributed by atoms with Gasteiger partial charge < -0.3 is 9.30 Å². The van der Waals surface area contributed by atoms with Gasteiger partial charge in [-0.05, 0) is 23.8 Å². The maximum absolute atomic E-state index is 13.3. The van der Waals surface area contributed by atoms with E-state index in [0.29, 0.717) is 0 Å². The Labute approximate surface area is 159 Å². The monoisotopic (exact) mass is 367 g/mol. The Morgan fingerprint density at radius 3 is 2.52 bits per heavy atom. The lowest BCUT2D eigenvalue weighted by Gasteiger charge is -2.36. The average Bonchev–Trinajstić information content (AvgIpc) is 3.06. The molecule has 0 atom stereocenters. The fraction of sp³-hybridized carbons (Fsp3) is 0.429. The Balaban J connectivity index is 1.43. The summed E-state index contributed by atoms with van der Waals surface area (Å²) in [6.07, 6.45) is 7.30. The molecule has 142 valence electrons. The summed E-state index contributed by atoms with van der Waals surface area (Å²) < 4.78 is 15.4. The molecule has 0 bridgehead atoms. The molecule has 3 aromatic rings. The summed E-state index contributed by atoms with van der Waals surface area (Å²) in [6.45, 7) is 11.1. The number of aromatic nitrogens is 3. The van der Waals surface area contributed by atoms with Crippen LogP contribution in [-0.2, 0) is 12.0 Å². The minimum Gasteiger partial charge on any atom is -0.368 e. The molecule has 5 nitrogen and oxygen atoms in total. The third kappa shape index (κ3) is 3.95. The molecule has 0 unspecified atom stereocenters. The number of piperazine rings is 1. The number of rotatable bonds is 3. The molecule has 0 aromatic carbocycles. The SMILES string of the molecule is CC(C)(C)c1cn2cc(N3CCN(Cc4cncc(F)c4)CC3)ccc2n1. The molecule has 27 heavy (non-hydrogen) atoms. The van der Waals surface area contributed by atoms with Crippen molar-refractivity contribution in [3.8, 4) is 0 Å². The second kappa shape index (κ2) is 6.93. The molecular formula is C21H26FN5. The zero-order chi connectivity index (χ0) is 19.0. The third-order valence-electron chi connectivity index (χ3n) is 5.11. The fourth-order valence-corrected chi connectivity index (χ4v) is 3.49. The van der Waals surface area contributed by atoms with Crippen LogP contribution in [0.5, 0.6) is 0 Å². The summed E-state index contributed by atoms with van der Waals surface area (Å²) in [5, 5.41) is 0. The van der Waals surface area contributed by atoms with Crippen LogP contribution in [0.1, 0.15) is 32.0 Å². The Hall–Kier alpha value is -2.47. The Morgan fingerprint density at radius 2 is 1.81 bits per heavy atom. The van der Waals surface area contributed by atoms with Gasteiger partial charge in [-0.25, -0.2) is 9.37 Å². The Morgan fingerprint density at radius 1 is 1.04 bits per heavy atom. The minimum atomic E-state index is -0.269. The average molecular weight is 367 g/mol. The topological polar surface area (TPSA) is 36.7 Å². The molecule has 0 radical (unpaired) electrons. The van der Waals surface area contributed by atoms with Crippen LogP contribution in [0, 0.1) is 5.82 Å². The lowest BCUT2D eigenvalue weighted by atomic mass is 9.93. The number of fused-ring (bicyclic) bond motifs is 1. The highest BCUT2D eigenvalue weighted by atomic mass is 19.1. The molecule has 6 heteroatoms. The number of hydrogen-bond donors (Lipinski definition) is 0. The smallest absolute Gasteiger partial charge is 0.141 e. The van der Waals surface area contributed by atoms with E-state index in [9.17, 15) is 4.39 Å². The number of pyridine rings is 2. The van der Waals surface area contributed by atoms with E-state index >= 15 is 0 Å². The number of imidazole rings is 1. The van der Waals surface area contributed by atoms with Crippen molar-refractivity contribution in [2.45, 2.75) is 32.7 Å². The second-order valence-corrected chi connectivity index (χ2v) is 8.30. The van der Waals surface area contributed by atoms with E-state index in [4.69, 9.17) is 4.98 Å². The van der Waals surface area contributed by atoms with E-state index in [1.165, 1.54) is 11.9 Å². The number of nitrogens with zero attached hydrogens (tertiary/aromatic N) is 5. The van der Waals surface area contributed by atoms with Crippen LogP contribution in [0.15, 0.2) is 43.0 Å². The van der Waals surface area contributed by atoms with Crippen LogP contribution >= 0.6 is 0 Å². The highest BCUT2D eigenvalue weighted by Crippen LogP contribution is 2.24. The summed E-state index contributed by atoms with van der Waals surface area (Å²) in [6, 6.07) is 5.81. The zero-order valence-electron chi connectivity index (χ0n) is 16.2. The molecule has 0 N–H and O–H groups in total. The Bertz CT molecular complexity index is 935. The van der Waals surface area contributed by atoms with Crippen LogP contribution in [0.2, 0.25) is 0 Å². The molecule has 0 amide bonds. The number of halogens is 1. The van der Waals surface area contributed by atoms with E-state index in [-0.39, 0.29) is 11.2 Å². The van der Waals surface area contributed by atoms with Crippen molar-refractivity contribution in [1.29, 1.82) is 0 Å². The Kier molecular flexibility index (Phi) is 4.60. The van der Waals surface area contributed by atoms with Crippen molar-refractivity contribution >= 4 is 11.3 Å². The van der Waals surface area contributed by atoms with Crippen molar-refractivity contribution in [3.63, 3.8) is 0 Å². The maximum Gasteiger partial charge on any atom is 0.141 e. The first-order valence-electron chi connectivity index (χ1n) is 9.44. The first-order valence-corrected chi connectivity index (χ1v) is 9.44. The predicted octanol–water partition coefficient (Wildman–Crippen LogP) is 3.49. The van der Waals surface area contributed by atoms with Gasteiger partial charge in [0.25, 0.3) is 0 Å². The largest absolute Gasteiger partial charge is 0.368 e. The summed E-state index contributed by atoms with van der Waals surface area (Å²) in [4.78, 5) is 13.4. The highest BCUT2D eigenvalue weighted by Gasteiger charge is 2.20. The molecule has 0 saturated carbocycles. The van der Waals surface area contributed by atoms with Gasteiger partial charge in [0.05, 0.1) is 17.6 Å². The van der Waals surface area contributed by atoms with Crippen LogP contribution < -0.4 is 4.90 Å². The van der Waals surface area contributed by atoms with Gasteiger partial charge in [-0.1, -0.05) is 20.8 Å². The predicted molar refractivity (Wildman–Crippen MR) is 106 cm³/mol. The number of anilines is 1. The van der Waals surface area contributed by atoms with Gasteiger partial charge in [-0.15, -0.1) is 0 Å². The standard InChI is InChI=1S/C21H26FN5/c1-21(2,3)19-15-27-14-18(4-5-20(27)24-19)26-8-6-25(7-9-26)13-16-10-17(22)12-23-11-16/h4-5,10-12,14-15H,6-9,13H2,1-3H3. The van der Waals surface area contributed by atoms with Crippen molar-refractivity contribution in [2.24, 2.45) is 0 Å². The number of hydrogen-bond acceptors (Lipinski definition) is 4. The van der Waals surface area contributed by atoms with E-state index in [2.05, 4.69) is 64.5 Å². The third-order valence-corrected chi connectivity index (χ3v) is 5.11. The molecule has 4 heterocycles. The normalized spacial score (nSPS) is 16.2. The van der Waals surface area contributed by atoms with Crippen molar-refractivity contribution in [2.75, 3.05) is 31.1 Å². The molecule has 1 fully saturated rings. The summed E-state index contributed by atoms with van der Waals surface area (Å²) in [7, 11) is 0. The van der Waals surface area contributed by atoms with Crippen molar-refractivity contribution < 1.29 is 4.39 Å². The van der Waals surface area contributed by atoms with Crippen molar-refractivity contribution in [3.05, 3.63) is 60.1 Å². The summed E-state index contributed by atoms with van der Waals surface area (Å²) in [5.74, 6) is -0.269. The van der Waals surface area contributed by atoms with Gasteiger partial charge in [0.2, 0.25) is 0 Å². The summed E-state index contributed by atoms with van der Waals surface area (Å²) >= 11 is 0. The van der Waals surface area contributed by atoms with Gasteiger partial charge in [0.15, 0.2) is 0 Å². The fourth-order valence-electron chi connectivity index (χ4n) is 3.49. The van der Waals surface area contributed by atoms with E-state index < -0.39 is 0 Å². The lowest BCUT2D eigenvalue weighted by Crippen LogP contribution is -2.46. The lowest BCUT2D eigenvalue weighted by molar-refractivity contribution is 0.249. The van der Waals surface area contributed by atoms with Crippen molar-refractivity contribution in [1.82, 2.24) is 19.3 Å². The van der Waals surface area contributed by atoms with E-state index in [1.54, 1.807) is 12.3 Å². The van der Waals surface area contributed by atoms with Gasteiger partial charge in [-0.3, -0.25) is 9.88 Å². The van der Waals surface area contributed by atoms with Crippen LogP contribution in [0.4, 0.5) is 10.1 Å². The summed E-state index contributed by atoms with van der Waals surface area (Å²) in [5.41, 5.74) is 4.28. The van der Waals surface area contributed by atoms with Crippen LogP contribution in [0.25, 0.3) is 5.65 Å². The molecule has 0 aliphatic carbocycles. The second-order valence-electron chi connectivity index (χ2n) is 8.30. The molecule has 1 saturated heterocycles. The van der Waals surface area contributed by atoms with Gasteiger partial charge >= 0.3 is 0 Å². The van der Waals surface area contributed by atoms with Gasteiger partial charge in [0, 0.05) is 56.7 Å². The molecule has 0 spiro atoms. The first kappa shape index (κ1) is 17.9. The quantitative estimate of drug-likeness (QED) is 0.710. The van der Waals surface area contributed by atoms with Crippen LogP contribution in [-0.4, -0.2) is 45.4 Å². The van der Waals surface area contributed by atoms with Gasteiger partial charge in [-0.2, -0.15) is 0 Å². The van der Waals surface area contributed by atoms with Crippen LogP contribution in [0.3, 0.4) is 0 Å². The molecule has 4 rings (SSSR count).